The van der Waals surface area contributed by atoms with Gasteiger partial charge < -0.3 is 4.90 Å². The summed E-state index contributed by atoms with van der Waals surface area (Å²) < 4.78 is 28.5. The lowest BCUT2D eigenvalue weighted by Crippen LogP contribution is -2.26. The molecule has 1 aromatic rings. The smallest absolute Gasteiger partial charge is 0.241 e. The molecule has 0 fully saturated rings. The van der Waals surface area contributed by atoms with E-state index in [1.54, 1.807) is 12.1 Å². The van der Waals surface area contributed by atoms with E-state index < -0.39 is 10.0 Å². The average molecular weight is 428 g/mol. The Hall–Kier alpha value is 0.0500. The van der Waals surface area contributed by atoms with Crippen LogP contribution in [0.15, 0.2) is 26.0 Å². The molecule has 0 radical (unpaired) electrons. The largest absolute Gasteiger partial charge is 0.309 e. The number of hydrogen-bond donors (Lipinski definition) is 1. The SMILES string of the molecule is Cc1cc(Br)c(S(=O)(=O)NCCCCN(C)C)cc1Br. The van der Waals surface area contributed by atoms with Crippen LogP contribution < -0.4 is 4.72 Å². The molecule has 7 heteroatoms. The molecule has 0 unspecified atom stereocenters. The van der Waals surface area contributed by atoms with Gasteiger partial charge in [-0.15, -0.1) is 0 Å². The standard InChI is InChI=1S/C13H20Br2N2O2S/c1-10-8-12(15)13(9-11(10)14)20(18,19)16-6-4-5-7-17(2)3/h8-9,16H,4-7H2,1-3H3. The van der Waals surface area contributed by atoms with Crippen LogP contribution in [-0.2, 0) is 10.0 Å². The van der Waals surface area contributed by atoms with E-state index in [-0.39, 0.29) is 4.90 Å². The minimum absolute atomic E-state index is 0.266. The van der Waals surface area contributed by atoms with Crippen LogP contribution >= 0.6 is 31.9 Å². The second kappa shape index (κ2) is 7.89. The van der Waals surface area contributed by atoms with Gasteiger partial charge in [-0.05, 0) is 74.0 Å². The molecule has 1 N–H and O–H groups in total. The fourth-order valence-electron chi connectivity index (χ4n) is 1.67. The lowest BCUT2D eigenvalue weighted by atomic mass is 10.2. The first-order valence-corrected chi connectivity index (χ1v) is 9.41. The quantitative estimate of drug-likeness (QED) is 0.680. The summed E-state index contributed by atoms with van der Waals surface area (Å²) in [6.07, 6.45) is 1.79. The fraction of sp³-hybridized carbons (Fsp3) is 0.538. The summed E-state index contributed by atoms with van der Waals surface area (Å²) in [5.74, 6) is 0. The number of hydrogen-bond acceptors (Lipinski definition) is 3. The number of nitrogens with one attached hydrogen (secondary N) is 1. The summed E-state index contributed by atoms with van der Waals surface area (Å²) in [4.78, 5) is 2.35. The van der Waals surface area contributed by atoms with Gasteiger partial charge in [0.25, 0.3) is 0 Å². The van der Waals surface area contributed by atoms with Crippen molar-refractivity contribution in [2.24, 2.45) is 0 Å². The van der Waals surface area contributed by atoms with Gasteiger partial charge in [0.05, 0.1) is 4.90 Å². The normalized spacial score (nSPS) is 12.1. The second-order valence-corrected chi connectivity index (χ2v) is 8.38. The van der Waals surface area contributed by atoms with Gasteiger partial charge in [-0.2, -0.15) is 0 Å². The first-order valence-electron chi connectivity index (χ1n) is 6.34. The monoisotopic (exact) mass is 426 g/mol. The average Bonchev–Trinajstić information content (AvgIpc) is 2.32. The van der Waals surface area contributed by atoms with Gasteiger partial charge in [0.15, 0.2) is 0 Å². The third-order valence-corrected chi connectivity index (χ3v) is 6.10. The Morgan fingerprint density at radius 2 is 1.80 bits per heavy atom. The van der Waals surface area contributed by atoms with E-state index >= 15 is 0 Å². The van der Waals surface area contributed by atoms with Crippen LogP contribution in [0.1, 0.15) is 18.4 Å². The number of rotatable bonds is 7. The van der Waals surface area contributed by atoms with Crippen LogP contribution in [0.3, 0.4) is 0 Å². The predicted octanol–water partition coefficient (Wildman–Crippen LogP) is 3.14. The molecule has 0 amide bonds. The summed E-state index contributed by atoms with van der Waals surface area (Å²) in [6, 6.07) is 3.42. The molecule has 0 aliphatic heterocycles. The topological polar surface area (TPSA) is 49.4 Å². The van der Waals surface area contributed by atoms with Crippen molar-refractivity contribution in [3.8, 4) is 0 Å². The first kappa shape index (κ1) is 18.1. The summed E-state index contributed by atoms with van der Waals surface area (Å²) in [5.41, 5.74) is 0.988. The van der Waals surface area contributed by atoms with Gasteiger partial charge in [0, 0.05) is 15.5 Å². The molecule has 1 aromatic carbocycles. The highest BCUT2D eigenvalue weighted by atomic mass is 79.9. The molecule has 0 bridgehead atoms. The lowest BCUT2D eigenvalue weighted by molar-refractivity contribution is 0.394. The number of unbranched alkanes of at least 4 members (excludes halogenated alkanes) is 1. The number of nitrogens with zero attached hydrogens (tertiary/aromatic N) is 1. The van der Waals surface area contributed by atoms with Crippen molar-refractivity contribution >= 4 is 41.9 Å². The Labute approximate surface area is 138 Å². The van der Waals surface area contributed by atoms with Gasteiger partial charge >= 0.3 is 0 Å². The zero-order valence-electron chi connectivity index (χ0n) is 11.9. The van der Waals surface area contributed by atoms with Gasteiger partial charge in [0.2, 0.25) is 10.0 Å². The zero-order valence-corrected chi connectivity index (χ0v) is 15.9. The van der Waals surface area contributed by atoms with Crippen LogP contribution in [0.5, 0.6) is 0 Å². The summed E-state index contributed by atoms with van der Waals surface area (Å²) in [6.45, 7) is 3.33. The van der Waals surface area contributed by atoms with Crippen LogP contribution in [0, 0.1) is 6.92 Å². The van der Waals surface area contributed by atoms with Crippen molar-refractivity contribution < 1.29 is 8.42 Å². The Balaban J connectivity index is 2.68. The summed E-state index contributed by atoms with van der Waals surface area (Å²) >= 11 is 6.68. The molecule has 0 saturated heterocycles. The van der Waals surface area contributed by atoms with Crippen molar-refractivity contribution in [1.29, 1.82) is 0 Å². The van der Waals surface area contributed by atoms with E-state index in [2.05, 4.69) is 41.5 Å². The molecule has 20 heavy (non-hydrogen) atoms. The van der Waals surface area contributed by atoms with E-state index in [1.165, 1.54) is 0 Å². The predicted molar refractivity (Wildman–Crippen MR) is 89.6 cm³/mol. The maximum Gasteiger partial charge on any atom is 0.241 e. The first-order chi connectivity index (χ1) is 9.24. The molecule has 0 saturated carbocycles. The number of halogens is 2. The molecule has 4 nitrogen and oxygen atoms in total. The minimum atomic E-state index is -3.47. The molecular formula is C13H20Br2N2O2S. The van der Waals surface area contributed by atoms with Gasteiger partial charge in [-0.1, -0.05) is 15.9 Å². The Bertz CT molecular complexity index is 560. The number of aryl methyl sites for hydroxylation is 1. The highest BCUT2D eigenvalue weighted by Crippen LogP contribution is 2.28. The summed E-state index contributed by atoms with van der Waals surface area (Å²) in [5, 5.41) is 0. The maximum atomic E-state index is 12.2. The highest BCUT2D eigenvalue weighted by Gasteiger charge is 2.18. The Morgan fingerprint density at radius 3 is 2.40 bits per heavy atom. The summed E-state index contributed by atoms with van der Waals surface area (Å²) in [7, 11) is 0.539. The molecular weight excluding hydrogens is 408 g/mol. The third kappa shape index (κ3) is 5.44. The zero-order chi connectivity index (χ0) is 15.3. The molecule has 1 rings (SSSR count). The molecule has 0 aromatic heterocycles. The molecule has 0 spiro atoms. The maximum absolute atomic E-state index is 12.2. The molecule has 0 aliphatic carbocycles. The molecule has 0 heterocycles. The highest BCUT2D eigenvalue weighted by molar-refractivity contribution is 9.11. The third-order valence-electron chi connectivity index (χ3n) is 2.83. The molecule has 0 aliphatic rings. The van der Waals surface area contributed by atoms with E-state index in [4.69, 9.17) is 0 Å². The van der Waals surface area contributed by atoms with Crippen LogP contribution in [0.4, 0.5) is 0 Å². The Morgan fingerprint density at radius 1 is 1.15 bits per heavy atom. The fourth-order valence-corrected chi connectivity index (χ4v) is 4.42. The van der Waals surface area contributed by atoms with Gasteiger partial charge in [0.1, 0.15) is 0 Å². The molecule has 0 atom stereocenters. The van der Waals surface area contributed by atoms with Gasteiger partial charge in [-0.3, -0.25) is 0 Å². The van der Waals surface area contributed by atoms with Crippen LogP contribution in [0.2, 0.25) is 0 Å². The van der Waals surface area contributed by atoms with Crippen LogP contribution in [0.25, 0.3) is 0 Å². The number of benzene rings is 1. The van der Waals surface area contributed by atoms with E-state index in [0.29, 0.717) is 11.0 Å². The molecule has 114 valence electrons. The van der Waals surface area contributed by atoms with Crippen LogP contribution in [-0.4, -0.2) is 40.5 Å². The van der Waals surface area contributed by atoms with Crippen molar-refractivity contribution in [2.45, 2.75) is 24.7 Å². The Kier molecular flexibility index (Phi) is 7.14. The van der Waals surface area contributed by atoms with E-state index in [0.717, 1.165) is 29.4 Å². The van der Waals surface area contributed by atoms with E-state index in [9.17, 15) is 8.42 Å². The van der Waals surface area contributed by atoms with Crippen molar-refractivity contribution in [1.82, 2.24) is 9.62 Å². The lowest BCUT2D eigenvalue weighted by Gasteiger charge is -2.11. The minimum Gasteiger partial charge on any atom is -0.309 e. The van der Waals surface area contributed by atoms with Crippen molar-refractivity contribution in [3.05, 3.63) is 26.6 Å². The second-order valence-electron chi connectivity index (χ2n) is 4.94. The van der Waals surface area contributed by atoms with Crippen molar-refractivity contribution in [2.75, 3.05) is 27.2 Å². The number of sulfonamides is 1. The van der Waals surface area contributed by atoms with Crippen molar-refractivity contribution in [3.63, 3.8) is 0 Å². The van der Waals surface area contributed by atoms with E-state index in [1.807, 2.05) is 21.0 Å². The van der Waals surface area contributed by atoms with Gasteiger partial charge in [-0.25, -0.2) is 13.1 Å².